The summed E-state index contributed by atoms with van der Waals surface area (Å²) >= 11 is 5.78. The number of hydrogen-bond acceptors (Lipinski definition) is 3. The molecule has 6 heteroatoms. The first kappa shape index (κ1) is 12.5. The van der Waals surface area contributed by atoms with E-state index in [1.807, 2.05) is 6.07 Å². The maximum atomic E-state index is 12.2. The fraction of sp³-hybridized carbons (Fsp3) is 0. The average Bonchev–Trinajstić information content (AvgIpc) is 2.81. The quantitative estimate of drug-likeness (QED) is 0.500. The SMILES string of the molecule is Nc1ccc2c(C(=O)Nc3cccc(Cl)n3)c[nH]c2c1. The number of fused-ring (bicyclic) bond motifs is 1. The third kappa shape index (κ3) is 2.31. The summed E-state index contributed by atoms with van der Waals surface area (Å²) in [6, 6.07) is 10.4. The Kier molecular flexibility index (Phi) is 3.04. The maximum absolute atomic E-state index is 12.2. The Morgan fingerprint density at radius 1 is 1.30 bits per heavy atom. The van der Waals surface area contributed by atoms with Gasteiger partial charge in [0.2, 0.25) is 0 Å². The van der Waals surface area contributed by atoms with Gasteiger partial charge in [0.15, 0.2) is 0 Å². The minimum absolute atomic E-state index is 0.254. The zero-order valence-corrected chi connectivity index (χ0v) is 11.1. The van der Waals surface area contributed by atoms with E-state index in [1.165, 1.54) is 0 Å². The molecule has 4 N–H and O–H groups in total. The van der Waals surface area contributed by atoms with Crippen LogP contribution in [0.25, 0.3) is 10.9 Å². The van der Waals surface area contributed by atoms with Crippen LogP contribution in [0.15, 0.2) is 42.6 Å². The molecule has 5 nitrogen and oxygen atoms in total. The van der Waals surface area contributed by atoms with Gasteiger partial charge in [-0.3, -0.25) is 4.79 Å². The Morgan fingerprint density at radius 2 is 2.15 bits per heavy atom. The van der Waals surface area contributed by atoms with Crippen LogP contribution in [0.4, 0.5) is 11.5 Å². The van der Waals surface area contributed by atoms with E-state index in [0.29, 0.717) is 22.2 Å². The molecule has 0 saturated heterocycles. The standard InChI is InChI=1S/C14H11ClN4O/c15-12-2-1-3-13(18-12)19-14(20)10-7-17-11-6-8(16)4-5-9(10)11/h1-7,17H,16H2,(H,18,19,20). The molecule has 2 heterocycles. The second-order valence-electron chi connectivity index (χ2n) is 4.31. The summed E-state index contributed by atoms with van der Waals surface area (Å²) < 4.78 is 0. The van der Waals surface area contributed by atoms with Crippen LogP contribution in [0.3, 0.4) is 0 Å². The number of benzene rings is 1. The van der Waals surface area contributed by atoms with E-state index >= 15 is 0 Å². The van der Waals surface area contributed by atoms with Gasteiger partial charge in [0.25, 0.3) is 5.91 Å². The van der Waals surface area contributed by atoms with E-state index < -0.39 is 0 Å². The highest BCUT2D eigenvalue weighted by Crippen LogP contribution is 2.21. The van der Waals surface area contributed by atoms with Gasteiger partial charge in [0, 0.05) is 22.8 Å². The molecule has 0 aliphatic heterocycles. The molecule has 0 fully saturated rings. The second-order valence-corrected chi connectivity index (χ2v) is 4.69. The second kappa shape index (κ2) is 4.86. The van der Waals surface area contributed by atoms with Gasteiger partial charge >= 0.3 is 0 Å². The van der Waals surface area contributed by atoms with Crippen molar-refractivity contribution in [3.63, 3.8) is 0 Å². The number of anilines is 2. The number of aromatic nitrogens is 2. The van der Waals surface area contributed by atoms with Crippen LogP contribution in [0.2, 0.25) is 5.15 Å². The van der Waals surface area contributed by atoms with Crippen molar-refractivity contribution in [1.82, 2.24) is 9.97 Å². The third-order valence-corrected chi connectivity index (χ3v) is 3.12. The number of amides is 1. The molecule has 3 rings (SSSR count). The lowest BCUT2D eigenvalue weighted by atomic mass is 10.1. The fourth-order valence-corrected chi connectivity index (χ4v) is 2.16. The van der Waals surface area contributed by atoms with Crippen LogP contribution in [-0.2, 0) is 0 Å². The van der Waals surface area contributed by atoms with Gasteiger partial charge in [-0.05, 0) is 30.3 Å². The number of nitrogens with two attached hydrogens (primary N) is 1. The molecule has 0 bridgehead atoms. The average molecular weight is 287 g/mol. The molecular formula is C14H11ClN4O. The van der Waals surface area contributed by atoms with E-state index in [1.54, 1.807) is 36.5 Å². The van der Waals surface area contributed by atoms with E-state index in [-0.39, 0.29) is 5.91 Å². The summed E-state index contributed by atoms with van der Waals surface area (Å²) in [6.45, 7) is 0. The van der Waals surface area contributed by atoms with E-state index in [0.717, 1.165) is 10.9 Å². The van der Waals surface area contributed by atoms with Crippen LogP contribution in [0.5, 0.6) is 0 Å². The first-order valence-electron chi connectivity index (χ1n) is 5.94. The number of rotatable bonds is 2. The monoisotopic (exact) mass is 286 g/mol. The van der Waals surface area contributed by atoms with Crippen LogP contribution >= 0.6 is 11.6 Å². The van der Waals surface area contributed by atoms with E-state index in [2.05, 4.69) is 15.3 Å². The Bertz CT molecular complexity index is 797. The normalized spacial score (nSPS) is 10.7. The predicted octanol–water partition coefficient (Wildman–Crippen LogP) is 3.05. The molecule has 0 unspecified atom stereocenters. The zero-order valence-electron chi connectivity index (χ0n) is 10.4. The number of carbonyl (C=O) groups excluding carboxylic acids is 1. The number of nitrogens with one attached hydrogen (secondary N) is 2. The van der Waals surface area contributed by atoms with Gasteiger partial charge in [-0.15, -0.1) is 0 Å². The summed E-state index contributed by atoms with van der Waals surface area (Å²) in [7, 11) is 0. The maximum Gasteiger partial charge on any atom is 0.258 e. The molecule has 0 radical (unpaired) electrons. The van der Waals surface area contributed by atoms with Crippen molar-refractivity contribution in [2.45, 2.75) is 0 Å². The molecule has 1 aromatic carbocycles. The van der Waals surface area contributed by atoms with Gasteiger partial charge in [-0.1, -0.05) is 17.7 Å². The highest BCUT2D eigenvalue weighted by molar-refractivity contribution is 6.29. The fourth-order valence-electron chi connectivity index (χ4n) is 1.99. The van der Waals surface area contributed by atoms with E-state index in [4.69, 9.17) is 17.3 Å². The van der Waals surface area contributed by atoms with Crippen LogP contribution in [0.1, 0.15) is 10.4 Å². The summed E-state index contributed by atoms with van der Waals surface area (Å²) in [5, 5.41) is 3.84. The Hall–Kier alpha value is -2.53. The van der Waals surface area contributed by atoms with Crippen LogP contribution in [0, 0.1) is 0 Å². The lowest BCUT2D eigenvalue weighted by Crippen LogP contribution is -2.12. The number of carbonyl (C=O) groups is 1. The van der Waals surface area contributed by atoms with Crippen molar-refractivity contribution < 1.29 is 4.79 Å². The molecule has 0 saturated carbocycles. The number of H-pyrrole nitrogens is 1. The number of nitrogens with zero attached hydrogens (tertiary/aromatic N) is 1. The molecule has 0 aliphatic carbocycles. The topological polar surface area (TPSA) is 83.8 Å². The highest BCUT2D eigenvalue weighted by Gasteiger charge is 2.12. The van der Waals surface area contributed by atoms with Crippen molar-refractivity contribution in [1.29, 1.82) is 0 Å². The first-order chi connectivity index (χ1) is 9.63. The Morgan fingerprint density at radius 3 is 2.95 bits per heavy atom. The minimum atomic E-state index is -0.254. The first-order valence-corrected chi connectivity index (χ1v) is 6.32. The molecule has 0 aliphatic rings. The van der Waals surface area contributed by atoms with Crippen molar-refractivity contribution >= 4 is 39.9 Å². The molecule has 20 heavy (non-hydrogen) atoms. The Labute approximate surface area is 119 Å². The van der Waals surface area contributed by atoms with Gasteiger partial charge < -0.3 is 16.0 Å². The largest absolute Gasteiger partial charge is 0.399 e. The number of hydrogen-bond donors (Lipinski definition) is 3. The Balaban J connectivity index is 1.93. The summed E-state index contributed by atoms with van der Waals surface area (Å²) in [5.41, 5.74) is 7.69. The number of halogens is 1. The van der Waals surface area contributed by atoms with Crippen molar-refractivity contribution in [3.8, 4) is 0 Å². The van der Waals surface area contributed by atoms with Gasteiger partial charge in [-0.2, -0.15) is 0 Å². The third-order valence-electron chi connectivity index (χ3n) is 2.91. The number of pyridine rings is 1. The predicted molar refractivity (Wildman–Crippen MR) is 79.9 cm³/mol. The molecule has 100 valence electrons. The van der Waals surface area contributed by atoms with Crippen LogP contribution in [-0.4, -0.2) is 15.9 Å². The van der Waals surface area contributed by atoms with Crippen LogP contribution < -0.4 is 11.1 Å². The number of aromatic amines is 1. The molecule has 0 spiro atoms. The van der Waals surface area contributed by atoms with Gasteiger partial charge in [0.1, 0.15) is 11.0 Å². The lowest BCUT2D eigenvalue weighted by molar-refractivity contribution is 0.102. The minimum Gasteiger partial charge on any atom is -0.399 e. The molecular weight excluding hydrogens is 276 g/mol. The summed E-state index contributed by atoms with van der Waals surface area (Å²) in [4.78, 5) is 19.3. The lowest BCUT2D eigenvalue weighted by Gasteiger charge is -2.03. The summed E-state index contributed by atoms with van der Waals surface area (Å²) in [5.74, 6) is 0.156. The van der Waals surface area contributed by atoms with Crippen molar-refractivity contribution in [2.24, 2.45) is 0 Å². The highest BCUT2D eigenvalue weighted by atomic mass is 35.5. The van der Waals surface area contributed by atoms with Gasteiger partial charge in [0.05, 0.1) is 5.56 Å². The summed E-state index contributed by atoms with van der Waals surface area (Å²) in [6.07, 6.45) is 1.64. The molecule has 2 aromatic heterocycles. The molecule has 1 amide bonds. The van der Waals surface area contributed by atoms with Crippen molar-refractivity contribution in [3.05, 3.63) is 53.3 Å². The molecule has 3 aromatic rings. The van der Waals surface area contributed by atoms with E-state index in [9.17, 15) is 4.79 Å². The smallest absolute Gasteiger partial charge is 0.258 e. The number of nitrogen functional groups attached to an aromatic ring is 1. The zero-order chi connectivity index (χ0) is 14.1. The molecule has 0 atom stereocenters. The van der Waals surface area contributed by atoms with Gasteiger partial charge in [-0.25, -0.2) is 4.98 Å². The van der Waals surface area contributed by atoms with Crippen molar-refractivity contribution in [2.75, 3.05) is 11.1 Å².